The van der Waals surface area contributed by atoms with Gasteiger partial charge >= 0.3 is 5.97 Å². The predicted molar refractivity (Wildman–Crippen MR) is 115 cm³/mol. The van der Waals surface area contributed by atoms with Crippen LogP contribution in [0.15, 0.2) is 53.7 Å². The molecule has 0 aliphatic heterocycles. The van der Waals surface area contributed by atoms with Gasteiger partial charge in [-0.1, -0.05) is 41.6 Å². The lowest BCUT2D eigenvalue weighted by Crippen LogP contribution is -2.25. The van der Waals surface area contributed by atoms with Crippen LogP contribution in [0.4, 0.5) is 0 Å². The second kappa shape index (κ2) is 8.69. The number of aryl methyl sites for hydroxylation is 1. The largest absolute Gasteiger partial charge is 0.496 e. The molecule has 0 N–H and O–H groups in total. The summed E-state index contributed by atoms with van der Waals surface area (Å²) in [5.41, 5.74) is 2.37. The molecule has 0 fully saturated rings. The molecule has 0 saturated heterocycles. The molecule has 29 heavy (non-hydrogen) atoms. The van der Waals surface area contributed by atoms with Crippen LogP contribution in [0.3, 0.4) is 0 Å². The fourth-order valence-corrected chi connectivity index (χ4v) is 3.51. The summed E-state index contributed by atoms with van der Waals surface area (Å²) in [5.74, 6) is 1.21. The lowest BCUT2D eigenvalue weighted by molar-refractivity contribution is -0.151. The van der Waals surface area contributed by atoms with Crippen molar-refractivity contribution in [3.63, 3.8) is 0 Å². The number of benzene rings is 2. The van der Waals surface area contributed by atoms with Gasteiger partial charge in [-0.2, -0.15) is 0 Å². The lowest BCUT2D eigenvalue weighted by Gasteiger charge is -2.19. The molecule has 0 radical (unpaired) electrons. The fourth-order valence-electron chi connectivity index (χ4n) is 2.79. The van der Waals surface area contributed by atoms with Gasteiger partial charge in [-0.05, 0) is 52.0 Å². The van der Waals surface area contributed by atoms with Crippen molar-refractivity contribution >= 4 is 17.7 Å². The van der Waals surface area contributed by atoms with Crippen LogP contribution in [0.2, 0.25) is 0 Å². The monoisotopic (exact) mass is 411 g/mol. The second-order valence-corrected chi connectivity index (χ2v) is 8.50. The van der Waals surface area contributed by atoms with Gasteiger partial charge in [0.1, 0.15) is 11.4 Å². The highest BCUT2D eigenvalue weighted by molar-refractivity contribution is 7.99. The minimum absolute atomic E-state index is 0.146. The first kappa shape index (κ1) is 20.9. The molecule has 0 amide bonds. The summed E-state index contributed by atoms with van der Waals surface area (Å²) in [6.45, 7) is 7.59. The zero-order chi connectivity index (χ0) is 21.0. The van der Waals surface area contributed by atoms with E-state index in [1.165, 1.54) is 11.8 Å². The van der Waals surface area contributed by atoms with Gasteiger partial charge in [0.05, 0.1) is 18.4 Å². The Kier molecular flexibility index (Phi) is 6.27. The lowest BCUT2D eigenvalue weighted by atomic mass is 10.1. The number of carbonyl (C=O) groups is 1. The first-order valence-corrected chi connectivity index (χ1v) is 10.3. The maximum Gasteiger partial charge on any atom is 0.316 e. The maximum absolute atomic E-state index is 12.2. The van der Waals surface area contributed by atoms with Gasteiger partial charge in [0, 0.05) is 5.69 Å². The van der Waals surface area contributed by atoms with E-state index in [-0.39, 0.29) is 11.7 Å². The Bertz CT molecular complexity index is 991. The summed E-state index contributed by atoms with van der Waals surface area (Å²) in [7, 11) is 1.63. The highest BCUT2D eigenvalue weighted by atomic mass is 32.2. The average Bonchev–Trinajstić information content (AvgIpc) is 3.09. The van der Waals surface area contributed by atoms with E-state index < -0.39 is 5.60 Å². The quantitative estimate of drug-likeness (QED) is 0.433. The van der Waals surface area contributed by atoms with Crippen molar-refractivity contribution in [3.05, 3.63) is 54.1 Å². The van der Waals surface area contributed by atoms with E-state index >= 15 is 0 Å². The molecular formula is C22H25N3O3S. The van der Waals surface area contributed by atoms with Crippen LogP contribution in [0, 0.1) is 6.92 Å². The van der Waals surface area contributed by atoms with Crippen LogP contribution in [-0.2, 0) is 9.53 Å². The van der Waals surface area contributed by atoms with Crippen molar-refractivity contribution < 1.29 is 14.3 Å². The van der Waals surface area contributed by atoms with Crippen molar-refractivity contribution in [2.75, 3.05) is 12.9 Å². The summed E-state index contributed by atoms with van der Waals surface area (Å²) in [5, 5.41) is 9.37. The Morgan fingerprint density at radius 3 is 2.41 bits per heavy atom. The van der Waals surface area contributed by atoms with Crippen molar-refractivity contribution in [1.82, 2.24) is 14.8 Å². The fraction of sp³-hybridized carbons (Fsp3) is 0.318. The Hall–Kier alpha value is -2.80. The average molecular weight is 412 g/mol. The Labute approximate surface area is 175 Å². The number of hydrogen-bond donors (Lipinski definition) is 0. The molecule has 0 aliphatic carbocycles. The molecule has 0 unspecified atom stereocenters. The van der Waals surface area contributed by atoms with Gasteiger partial charge < -0.3 is 9.47 Å². The highest BCUT2D eigenvalue weighted by Gasteiger charge is 2.21. The third-order valence-electron chi connectivity index (χ3n) is 4.01. The Balaban J connectivity index is 2.00. The first-order valence-electron chi connectivity index (χ1n) is 9.29. The van der Waals surface area contributed by atoms with Crippen molar-refractivity contribution in [2.45, 2.75) is 38.5 Å². The molecule has 0 bridgehead atoms. The molecular weight excluding hydrogens is 386 g/mol. The molecule has 1 heterocycles. The molecule has 3 aromatic rings. The maximum atomic E-state index is 12.2. The second-order valence-electron chi connectivity index (χ2n) is 7.55. The summed E-state index contributed by atoms with van der Waals surface area (Å²) < 4.78 is 12.9. The van der Waals surface area contributed by atoms with Gasteiger partial charge in [-0.25, -0.2) is 0 Å². The number of rotatable bonds is 6. The third kappa shape index (κ3) is 5.17. The van der Waals surface area contributed by atoms with E-state index in [4.69, 9.17) is 9.47 Å². The number of para-hydroxylation sites is 1. The normalized spacial score (nSPS) is 11.3. The smallest absolute Gasteiger partial charge is 0.316 e. The van der Waals surface area contributed by atoms with Crippen molar-refractivity contribution in [2.24, 2.45) is 0 Å². The standard InChI is InChI=1S/C22H25N3O3S/c1-15-10-12-16(13-11-15)25-20(17-8-6-7-9-18(17)27-5)23-24-21(25)29-14-19(26)28-22(2,3)4/h6-13H,14H2,1-5H3. The van der Waals surface area contributed by atoms with E-state index in [1.54, 1.807) is 7.11 Å². The number of carbonyl (C=O) groups excluding carboxylic acids is 1. The molecule has 152 valence electrons. The number of thioether (sulfide) groups is 1. The highest BCUT2D eigenvalue weighted by Crippen LogP contribution is 2.33. The van der Waals surface area contributed by atoms with Gasteiger partial charge in [0.2, 0.25) is 0 Å². The van der Waals surface area contributed by atoms with Crippen LogP contribution in [0.25, 0.3) is 17.1 Å². The topological polar surface area (TPSA) is 66.2 Å². The van der Waals surface area contributed by atoms with E-state index in [0.717, 1.165) is 16.8 Å². The molecule has 2 aromatic carbocycles. The molecule has 0 atom stereocenters. The van der Waals surface area contributed by atoms with Gasteiger partial charge in [-0.15, -0.1) is 10.2 Å². The molecule has 0 aliphatic rings. The first-order chi connectivity index (χ1) is 13.8. The van der Waals surface area contributed by atoms with E-state index in [2.05, 4.69) is 10.2 Å². The van der Waals surface area contributed by atoms with Crippen LogP contribution in [0.5, 0.6) is 5.75 Å². The van der Waals surface area contributed by atoms with Crippen LogP contribution >= 0.6 is 11.8 Å². The molecule has 0 saturated carbocycles. The van der Waals surface area contributed by atoms with Crippen LogP contribution in [-0.4, -0.2) is 39.2 Å². The van der Waals surface area contributed by atoms with Crippen LogP contribution < -0.4 is 4.74 Å². The minimum atomic E-state index is -0.523. The molecule has 3 rings (SSSR count). The summed E-state index contributed by atoms with van der Waals surface area (Å²) in [6.07, 6.45) is 0. The number of ether oxygens (including phenoxy) is 2. The summed E-state index contributed by atoms with van der Waals surface area (Å²) >= 11 is 1.30. The number of nitrogens with zero attached hydrogens (tertiary/aromatic N) is 3. The van der Waals surface area contributed by atoms with Gasteiger partial charge in [-0.3, -0.25) is 9.36 Å². The van der Waals surface area contributed by atoms with E-state index in [9.17, 15) is 4.79 Å². The Morgan fingerprint density at radius 2 is 1.76 bits per heavy atom. The van der Waals surface area contributed by atoms with Gasteiger partial charge in [0.25, 0.3) is 0 Å². The summed E-state index contributed by atoms with van der Waals surface area (Å²) in [6, 6.07) is 15.7. The zero-order valence-electron chi connectivity index (χ0n) is 17.3. The van der Waals surface area contributed by atoms with Crippen molar-refractivity contribution in [3.8, 4) is 22.8 Å². The zero-order valence-corrected chi connectivity index (χ0v) is 18.1. The third-order valence-corrected chi connectivity index (χ3v) is 4.92. The predicted octanol–water partition coefficient (Wildman–Crippen LogP) is 4.69. The van der Waals surface area contributed by atoms with Crippen molar-refractivity contribution in [1.29, 1.82) is 0 Å². The SMILES string of the molecule is COc1ccccc1-c1nnc(SCC(=O)OC(C)(C)C)n1-c1ccc(C)cc1. The number of esters is 1. The number of hydrogen-bond acceptors (Lipinski definition) is 6. The van der Waals surface area contributed by atoms with E-state index in [0.29, 0.717) is 16.7 Å². The number of methoxy groups -OCH3 is 1. The Morgan fingerprint density at radius 1 is 1.07 bits per heavy atom. The van der Waals surface area contributed by atoms with E-state index in [1.807, 2.05) is 80.8 Å². The molecule has 1 aromatic heterocycles. The van der Waals surface area contributed by atoms with Crippen LogP contribution in [0.1, 0.15) is 26.3 Å². The number of aromatic nitrogens is 3. The minimum Gasteiger partial charge on any atom is -0.496 e. The molecule has 7 heteroatoms. The molecule has 6 nitrogen and oxygen atoms in total. The summed E-state index contributed by atoms with van der Waals surface area (Å²) in [4.78, 5) is 12.2. The van der Waals surface area contributed by atoms with Gasteiger partial charge in [0.15, 0.2) is 11.0 Å². The molecule has 0 spiro atoms.